The van der Waals surface area contributed by atoms with Crippen molar-refractivity contribution in [3.63, 3.8) is 0 Å². The number of hydrogen-bond acceptors (Lipinski definition) is 4. The lowest BCUT2D eigenvalue weighted by molar-refractivity contribution is 0.0893. The van der Waals surface area contributed by atoms with Crippen LogP contribution in [0.1, 0.15) is 20.7 Å². The van der Waals surface area contributed by atoms with E-state index in [1.165, 1.54) is 9.47 Å². The first kappa shape index (κ1) is 19.4. The molecule has 0 aliphatic carbocycles. The van der Waals surface area contributed by atoms with Gasteiger partial charge in [-0.2, -0.15) is 0 Å². The summed E-state index contributed by atoms with van der Waals surface area (Å²) in [6, 6.07) is 12.1. The van der Waals surface area contributed by atoms with E-state index in [4.69, 9.17) is 11.6 Å². The van der Waals surface area contributed by atoms with Crippen LogP contribution >= 0.6 is 11.6 Å². The average molecular weight is 435 g/mol. The lowest BCUT2D eigenvalue weighted by atomic mass is 9.93. The normalized spacial score (nSPS) is 13.5. The molecule has 0 atom stereocenters. The number of amides is 2. The summed E-state index contributed by atoms with van der Waals surface area (Å²) in [4.78, 5) is 42.6. The molecule has 2 amide bonds. The minimum absolute atomic E-state index is 0.182. The minimum Gasteiger partial charge on any atom is -0.376 e. The molecule has 0 fully saturated rings. The Balaban J connectivity index is 1.83. The van der Waals surface area contributed by atoms with Crippen LogP contribution in [0.3, 0.4) is 0 Å². The second kappa shape index (κ2) is 6.46. The lowest BCUT2D eigenvalue weighted by Gasteiger charge is -2.30. The van der Waals surface area contributed by atoms with Crippen molar-refractivity contribution in [2.24, 2.45) is 14.1 Å². The van der Waals surface area contributed by atoms with E-state index in [1.807, 2.05) is 25.1 Å². The zero-order chi connectivity index (χ0) is 22.2. The summed E-state index contributed by atoms with van der Waals surface area (Å²) in [7, 11) is 7.03. The molecule has 7 nitrogen and oxygen atoms in total. The van der Waals surface area contributed by atoms with Gasteiger partial charge in [-0.3, -0.25) is 18.7 Å². The van der Waals surface area contributed by atoms with Crippen molar-refractivity contribution < 1.29 is 9.59 Å². The zero-order valence-electron chi connectivity index (χ0n) is 17.4. The molecule has 0 saturated carbocycles. The van der Waals surface area contributed by atoms with Crippen LogP contribution in [0.2, 0.25) is 5.02 Å². The van der Waals surface area contributed by atoms with Crippen LogP contribution in [0.15, 0.2) is 47.3 Å². The van der Waals surface area contributed by atoms with E-state index in [0.717, 1.165) is 0 Å². The van der Waals surface area contributed by atoms with Crippen molar-refractivity contribution in [2.75, 3.05) is 23.9 Å². The standard InChI is InChI=1S/C23H19ClN4O3/c1-25(2)16-10-17-18(27(4)23(31)26(17)3)11-19(16)28-21(29)13-7-5-6-12-15(24)9-8-14(20(12)13)22(28)30/h5-11H,1-4H3. The summed E-state index contributed by atoms with van der Waals surface area (Å²) in [5.41, 5.74) is 3.08. The van der Waals surface area contributed by atoms with Crippen LogP contribution in [0.25, 0.3) is 21.8 Å². The van der Waals surface area contributed by atoms with E-state index in [2.05, 4.69) is 0 Å². The molecular weight excluding hydrogens is 416 g/mol. The molecule has 8 heteroatoms. The Morgan fingerprint density at radius 3 is 2.10 bits per heavy atom. The fraction of sp³-hybridized carbons (Fsp3) is 0.174. The highest BCUT2D eigenvalue weighted by atomic mass is 35.5. The van der Waals surface area contributed by atoms with E-state index in [-0.39, 0.29) is 5.69 Å². The number of imide groups is 1. The predicted molar refractivity (Wildman–Crippen MR) is 123 cm³/mol. The van der Waals surface area contributed by atoms with Gasteiger partial charge in [-0.15, -0.1) is 0 Å². The molecule has 0 spiro atoms. The van der Waals surface area contributed by atoms with Crippen LogP contribution < -0.4 is 15.5 Å². The second-order valence-corrected chi connectivity index (χ2v) is 8.30. The van der Waals surface area contributed by atoms with E-state index in [1.54, 1.807) is 55.1 Å². The summed E-state index contributed by atoms with van der Waals surface area (Å²) >= 11 is 6.32. The van der Waals surface area contributed by atoms with Crippen molar-refractivity contribution in [3.8, 4) is 0 Å². The molecule has 5 rings (SSSR count). The Labute approximate surface area is 182 Å². The quantitative estimate of drug-likeness (QED) is 0.452. The Kier molecular flexibility index (Phi) is 4.04. The number of nitrogens with zero attached hydrogens (tertiary/aromatic N) is 4. The third-order valence-electron chi connectivity index (χ3n) is 5.95. The predicted octanol–water partition coefficient (Wildman–Crippen LogP) is 3.55. The summed E-state index contributed by atoms with van der Waals surface area (Å²) in [6.45, 7) is 0. The average Bonchev–Trinajstić information content (AvgIpc) is 2.96. The van der Waals surface area contributed by atoms with Gasteiger partial charge in [0, 0.05) is 55.1 Å². The molecule has 1 aliphatic heterocycles. The van der Waals surface area contributed by atoms with Crippen LogP contribution in [0, 0.1) is 0 Å². The first-order chi connectivity index (χ1) is 14.7. The summed E-state index contributed by atoms with van der Waals surface area (Å²) in [5, 5.41) is 1.73. The highest BCUT2D eigenvalue weighted by Crippen LogP contribution is 2.40. The first-order valence-electron chi connectivity index (χ1n) is 9.69. The molecule has 4 aromatic rings. The molecule has 0 bridgehead atoms. The van der Waals surface area contributed by atoms with Gasteiger partial charge in [-0.1, -0.05) is 23.7 Å². The Morgan fingerprint density at radius 2 is 1.45 bits per heavy atom. The van der Waals surface area contributed by atoms with Crippen LogP contribution in [0.5, 0.6) is 0 Å². The molecule has 1 aromatic heterocycles. The van der Waals surface area contributed by atoms with Gasteiger partial charge in [-0.25, -0.2) is 9.69 Å². The summed E-state index contributed by atoms with van der Waals surface area (Å²) < 4.78 is 3.05. The molecule has 1 aliphatic rings. The monoisotopic (exact) mass is 434 g/mol. The van der Waals surface area contributed by atoms with E-state index < -0.39 is 11.8 Å². The number of carbonyl (C=O) groups is 2. The van der Waals surface area contributed by atoms with Gasteiger partial charge in [0.05, 0.1) is 22.4 Å². The van der Waals surface area contributed by atoms with Crippen LogP contribution in [0.4, 0.5) is 11.4 Å². The number of rotatable bonds is 2. The molecule has 0 unspecified atom stereocenters. The topological polar surface area (TPSA) is 67.6 Å². The Hall–Kier alpha value is -3.58. The van der Waals surface area contributed by atoms with Crippen molar-refractivity contribution >= 4 is 56.6 Å². The Bertz CT molecular complexity index is 1490. The molecular formula is C23H19ClN4O3. The van der Waals surface area contributed by atoms with Crippen molar-refractivity contribution in [3.05, 3.63) is 69.1 Å². The fourth-order valence-corrected chi connectivity index (χ4v) is 4.56. The second-order valence-electron chi connectivity index (χ2n) is 7.89. The molecule has 3 aromatic carbocycles. The molecule has 0 saturated heterocycles. The third kappa shape index (κ3) is 2.50. The maximum absolute atomic E-state index is 13.6. The number of aromatic nitrogens is 2. The third-order valence-corrected chi connectivity index (χ3v) is 6.28. The van der Waals surface area contributed by atoms with Crippen molar-refractivity contribution in [2.45, 2.75) is 0 Å². The van der Waals surface area contributed by atoms with Crippen LogP contribution in [-0.4, -0.2) is 35.0 Å². The van der Waals surface area contributed by atoms with Gasteiger partial charge >= 0.3 is 5.69 Å². The number of carbonyl (C=O) groups excluding carboxylic acids is 2. The molecule has 31 heavy (non-hydrogen) atoms. The van der Waals surface area contributed by atoms with Gasteiger partial charge in [0.1, 0.15) is 0 Å². The van der Waals surface area contributed by atoms with E-state index in [0.29, 0.717) is 49.3 Å². The summed E-state index contributed by atoms with van der Waals surface area (Å²) in [6.07, 6.45) is 0. The molecule has 2 heterocycles. The minimum atomic E-state index is -0.422. The van der Waals surface area contributed by atoms with E-state index >= 15 is 0 Å². The number of halogens is 1. The largest absolute Gasteiger partial charge is 0.376 e. The van der Waals surface area contributed by atoms with E-state index in [9.17, 15) is 14.4 Å². The number of hydrogen-bond donors (Lipinski definition) is 0. The number of anilines is 2. The molecule has 0 N–H and O–H groups in total. The fourth-order valence-electron chi connectivity index (χ4n) is 4.34. The van der Waals surface area contributed by atoms with Crippen molar-refractivity contribution in [1.82, 2.24) is 9.13 Å². The number of imidazole rings is 1. The highest BCUT2D eigenvalue weighted by molar-refractivity contribution is 6.41. The van der Waals surface area contributed by atoms with Gasteiger partial charge in [0.25, 0.3) is 11.8 Å². The summed E-state index contributed by atoms with van der Waals surface area (Å²) in [5.74, 6) is -0.845. The van der Waals surface area contributed by atoms with Gasteiger partial charge < -0.3 is 4.90 Å². The zero-order valence-corrected chi connectivity index (χ0v) is 18.2. The van der Waals surface area contributed by atoms with Gasteiger partial charge in [0.15, 0.2) is 0 Å². The maximum atomic E-state index is 13.6. The SMILES string of the molecule is CN(C)c1cc2c(cc1N1C(=O)c3cccc4c(Cl)ccc(c34)C1=O)n(C)c(=O)n2C. The van der Waals surface area contributed by atoms with Crippen molar-refractivity contribution in [1.29, 1.82) is 0 Å². The first-order valence-corrected chi connectivity index (χ1v) is 10.1. The highest BCUT2D eigenvalue weighted by Gasteiger charge is 2.36. The smallest absolute Gasteiger partial charge is 0.328 e. The molecule has 156 valence electrons. The lowest BCUT2D eigenvalue weighted by Crippen LogP contribution is -2.41. The number of fused-ring (bicyclic) bond motifs is 1. The maximum Gasteiger partial charge on any atom is 0.328 e. The van der Waals surface area contributed by atoms with Crippen LogP contribution in [-0.2, 0) is 14.1 Å². The number of aryl methyl sites for hydroxylation is 2. The number of benzene rings is 3. The Morgan fingerprint density at radius 1 is 0.839 bits per heavy atom. The molecule has 0 radical (unpaired) electrons. The van der Waals surface area contributed by atoms with Gasteiger partial charge in [0.2, 0.25) is 0 Å². The van der Waals surface area contributed by atoms with Gasteiger partial charge in [-0.05, 0) is 30.3 Å².